The average Bonchev–Trinajstić information content (AvgIpc) is 2.87. The molecule has 0 aromatic heterocycles. The van der Waals surface area contributed by atoms with E-state index < -0.39 is 29.0 Å². The van der Waals surface area contributed by atoms with Crippen molar-refractivity contribution in [3.05, 3.63) is 58.9 Å². The van der Waals surface area contributed by atoms with Gasteiger partial charge in [0.15, 0.2) is 0 Å². The third kappa shape index (κ3) is 6.21. The zero-order valence-electron chi connectivity index (χ0n) is 20.6. The summed E-state index contributed by atoms with van der Waals surface area (Å²) < 4.78 is 53.5. The van der Waals surface area contributed by atoms with Gasteiger partial charge in [-0.3, -0.25) is 0 Å². The molecule has 2 aliphatic carbocycles. The van der Waals surface area contributed by atoms with E-state index in [0.717, 1.165) is 54.9 Å². The smallest absolute Gasteiger partial charge is 0.349 e. The summed E-state index contributed by atoms with van der Waals surface area (Å²) in [5.41, 5.74) is -1.12. The standard InChI is InChI=1S/C29H32F3NO3/c1-2-18-3-7-20(8-4-18)21-9-5-19(6-10-21)17-35-24-14-26(31)28(27(32)15-24)29(34)36-23-12-11-22(16-33)25(30)13-23/h11-15,18-21H,2-10,17H2,1H3/t18-,19-,20-,21-. The van der Waals surface area contributed by atoms with E-state index in [-0.39, 0.29) is 17.1 Å². The molecule has 0 heterocycles. The lowest BCUT2D eigenvalue weighted by Gasteiger charge is -2.37. The average molecular weight is 500 g/mol. The highest BCUT2D eigenvalue weighted by Crippen LogP contribution is 2.42. The van der Waals surface area contributed by atoms with Crippen molar-refractivity contribution in [3.63, 3.8) is 0 Å². The minimum atomic E-state index is -1.30. The molecule has 0 N–H and O–H groups in total. The number of hydrogen-bond acceptors (Lipinski definition) is 4. The van der Waals surface area contributed by atoms with Gasteiger partial charge < -0.3 is 9.47 Å². The number of esters is 1. The molecular formula is C29H32F3NO3. The second-order valence-corrected chi connectivity index (χ2v) is 10.2. The largest absolute Gasteiger partial charge is 0.493 e. The number of halogens is 3. The molecule has 0 radical (unpaired) electrons. The third-order valence-corrected chi connectivity index (χ3v) is 8.00. The van der Waals surface area contributed by atoms with Gasteiger partial charge in [0.05, 0.1) is 12.2 Å². The molecule has 2 saturated carbocycles. The molecule has 0 amide bonds. The number of ether oxygens (including phenoxy) is 2. The fraction of sp³-hybridized carbons (Fsp3) is 0.517. The van der Waals surface area contributed by atoms with Crippen LogP contribution in [0.15, 0.2) is 30.3 Å². The van der Waals surface area contributed by atoms with E-state index in [0.29, 0.717) is 12.5 Å². The Morgan fingerprint density at radius 3 is 1.94 bits per heavy atom. The van der Waals surface area contributed by atoms with Crippen LogP contribution in [0.3, 0.4) is 0 Å². The predicted molar refractivity (Wildman–Crippen MR) is 129 cm³/mol. The van der Waals surface area contributed by atoms with Crippen LogP contribution >= 0.6 is 0 Å². The highest BCUT2D eigenvalue weighted by Gasteiger charge is 2.31. The number of benzene rings is 2. The Kier molecular flexibility index (Phi) is 8.56. The zero-order chi connectivity index (χ0) is 25.7. The van der Waals surface area contributed by atoms with E-state index in [4.69, 9.17) is 14.7 Å². The van der Waals surface area contributed by atoms with Crippen molar-refractivity contribution < 1.29 is 27.4 Å². The van der Waals surface area contributed by atoms with Crippen LogP contribution in [0.5, 0.6) is 11.5 Å². The van der Waals surface area contributed by atoms with Gasteiger partial charge in [-0.15, -0.1) is 0 Å². The van der Waals surface area contributed by atoms with E-state index in [1.807, 2.05) is 0 Å². The molecule has 0 aliphatic heterocycles. The molecule has 0 spiro atoms. The lowest BCUT2D eigenvalue weighted by molar-refractivity contribution is 0.0724. The first-order chi connectivity index (χ1) is 17.4. The molecule has 2 aromatic rings. The third-order valence-electron chi connectivity index (χ3n) is 8.00. The van der Waals surface area contributed by atoms with Crippen LogP contribution in [0.25, 0.3) is 0 Å². The number of rotatable bonds is 7. The Morgan fingerprint density at radius 2 is 1.42 bits per heavy atom. The van der Waals surface area contributed by atoms with Crippen LogP contribution < -0.4 is 9.47 Å². The van der Waals surface area contributed by atoms with Gasteiger partial charge in [0.1, 0.15) is 40.6 Å². The van der Waals surface area contributed by atoms with Crippen LogP contribution in [0.1, 0.15) is 80.6 Å². The molecule has 2 aromatic carbocycles. The number of carbonyl (C=O) groups excluding carboxylic acids is 1. The molecule has 7 heteroatoms. The molecular weight excluding hydrogens is 467 g/mol. The maximum absolute atomic E-state index is 14.6. The van der Waals surface area contributed by atoms with Gasteiger partial charge in [-0.1, -0.05) is 26.2 Å². The van der Waals surface area contributed by atoms with Gasteiger partial charge in [0.2, 0.25) is 0 Å². The quantitative estimate of drug-likeness (QED) is 0.291. The second kappa shape index (κ2) is 11.8. The van der Waals surface area contributed by atoms with Crippen LogP contribution in [-0.4, -0.2) is 12.6 Å². The van der Waals surface area contributed by atoms with Gasteiger partial charge in [0, 0.05) is 18.2 Å². The number of nitriles is 1. The van der Waals surface area contributed by atoms with E-state index in [2.05, 4.69) is 6.92 Å². The summed E-state index contributed by atoms with van der Waals surface area (Å²) in [5, 5.41) is 8.77. The van der Waals surface area contributed by atoms with Gasteiger partial charge in [0.25, 0.3) is 0 Å². The molecule has 0 unspecified atom stereocenters. The molecule has 4 nitrogen and oxygen atoms in total. The molecule has 0 atom stereocenters. The van der Waals surface area contributed by atoms with E-state index >= 15 is 0 Å². The van der Waals surface area contributed by atoms with Crippen molar-refractivity contribution in [2.24, 2.45) is 23.7 Å². The molecule has 2 aliphatic rings. The summed E-state index contributed by atoms with van der Waals surface area (Å²) in [6.07, 6.45) is 11.2. The minimum absolute atomic E-state index is 0.0194. The first-order valence-electron chi connectivity index (χ1n) is 12.9. The molecule has 4 rings (SSSR count). The van der Waals surface area contributed by atoms with Crippen molar-refractivity contribution >= 4 is 5.97 Å². The van der Waals surface area contributed by atoms with Crippen LogP contribution in [0, 0.1) is 52.5 Å². The molecule has 0 saturated heterocycles. The van der Waals surface area contributed by atoms with Crippen LogP contribution in [-0.2, 0) is 0 Å². The van der Waals surface area contributed by atoms with Gasteiger partial charge in [-0.2, -0.15) is 5.26 Å². The van der Waals surface area contributed by atoms with E-state index in [9.17, 15) is 18.0 Å². The zero-order valence-corrected chi connectivity index (χ0v) is 20.6. The maximum atomic E-state index is 14.6. The van der Waals surface area contributed by atoms with Crippen molar-refractivity contribution in [2.75, 3.05) is 6.61 Å². The van der Waals surface area contributed by atoms with Gasteiger partial charge in [-0.05, 0) is 74.3 Å². The Labute approximate surface area is 210 Å². The lowest BCUT2D eigenvalue weighted by atomic mass is 9.69. The number of hydrogen-bond donors (Lipinski definition) is 0. The summed E-state index contributed by atoms with van der Waals surface area (Å²) in [7, 11) is 0. The summed E-state index contributed by atoms with van der Waals surface area (Å²) in [6, 6.07) is 6.69. The Bertz CT molecular complexity index is 1090. The maximum Gasteiger partial charge on any atom is 0.349 e. The predicted octanol–water partition coefficient (Wildman–Crippen LogP) is 7.60. The summed E-state index contributed by atoms with van der Waals surface area (Å²) >= 11 is 0. The Balaban J connectivity index is 1.29. The fourth-order valence-electron chi connectivity index (χ4n) is 5.74. The summed E-state index contributed by atoms with van der Waals surface area (Å²) in [6.45, 7) is 2.66. The Morgan fingerprint density at radius 1 is 0.861 bits per heavy atom. The van der Waals surface area contributed by atoms with Crippen molar-refractivity contribution in [1.82, 2.24) is 0 Å². The second-order valence-electron chi connectivity index (χ2n) is 10.2. The normalized spacial score (nSPS) is 24.1. The van der Waals surface area contributed by atoms with Crippen molar-refractivity contribution in [1.29, 1.82) is 5.26 Å². The number of carbonyl (C=O) groups is 1. The summed E-state index contributed by atoms with van der Waals surface area (Å²) in [5.74, 6) is -1.80. The lowest BCUT2D eigenvalue weighted by Crippen LogP contribution is -2.27. The Hall–Kier alpha value is -3.01. The van der Waals surface area contributed by atoms with Crippen molar-refractivity contribution in [3.8, 4) is 17.6 Å². The topological polar surface area (TPSA) is 59.3 Å². The fourth-order valence-corrected chi connectivity index (χ4v) is 5.74. The number of nitrogens with zero attached hydrogens (tertiary/aromatic N) is 1. The molecule has 0 bridgehead atoms. The highest BCUT2D eigenvalue weighted by molar-refractivity contribution is 5.91. The first kappa shape index (κ1) is 26.1. The molecule has 2 fully saturated rings. The van der Waals surface area contributed by atoms with E-state index in [1.165, 1.54) is 51.0 Å². The molecule has 36 heavy (non-hydrogen) atoms. The minimum Gasteiger partial charge on any atom is -0.493 e. The molecule has 192 valence electrons. The van der Waals surface area contributed by atoms with Gasteiger partial charge >= 0.3 is 5.97 Å². The summed E-state index contributed by atoms with van der Waals surface area (Å²) in [4.78, 5) is 12.3. The van der Waals surface area contributed by atoms with E-state index in [1.54, 1.807) is 6.07 Å². The highest BCUT2D eigenvalue weighted by atomic mass is 19.1. The monoisotopic (exact) mass is 499 g/mol. The first-order valence-corrected chi connectivity index (χ1v) is 12.9. The van der Waals surface area contributed by atoms with Crippen LogP contribution in [0.2, 0.25) is 0 Å². The van der Waals surface area contributed by atoms with Crippen LogP contribution in [0.4, 0.5) is 13.2 Å². The SMILES string of the molecule is CC[C@H]1CC[C@H]([C@H]2CC[C@H](COc3cc(F)c(C(=O)Oc4ccc(C#N)c(F)c4)c(F)c3)CC2)CC1. The van der Waals surface area contributed by atoms with Gasteiger partial charge in [-0.25, -0.2) is 18.0 Å². The van der Waals surface area contributed by atoms with Crippen molar-refractivity contribution in [2.45, 2.75) is 64.7 Å².